The van der Waals surface area contributed by atoms with E-state index in [4.69, 9.17) is 21.3 Å². The molecule has 0 aliphatic heterocycles. The van der Waals surface area contributed by atoms with Crippen molar-refractivity contribution in [1.29, 1.82) is 0 Å². The summed E-state index contributed by atoms with van der Waals surface area (Å²) >= 11 is 9.60. The van der Waals surface area contributed by atoms with Crippen molar-refractivity contribution in [2.24, 2.45) is 0 Å². The van der Waals surface area contributed by atoms with Crippen molar-refractivity contribution in [2.45, 2.75) is 36.4 Å². The maximum Gasteiger partial charge on any atom is 0.191 e. The minimum absolute atomic E-state index is 0.356. The number of nitrogens with zero attached hydrogens (tertiary/aromatic N) is 4. The topological polar surface area (TPSA) is 52.8 Å². The van der Waals surface area contributed by atoms with Gasteiger partial charge in [-0.2, -0.15) is 0 Å². The molecule has 2 aromatic carbocycles. The highest BCUT2D eigenvalue weighted by Gasteiger charge is 2.30. The van der Waals surface area contributed by atoms with E-state index in [1.807, 2.05) is 36.4 Å². The molecule has 1 aliphatic rings. The van der Waals surface area contributed by atoms with E-state index in [1.165, 1.54) is 4.70 Å². The number of rotatable bonds is 7. The Morgan fingerprint density at radius 1 is 1.11 bits per heavy atom. The Balaban J connectivity index is 1.31. The number of hydrogen-bond donors (Lipinski definition) is 0. The average molecular weight is 429 g/mol. The third-order valence-electron chi connectivity index (χ3n) is 4.50. The molecule has 0 saturated heterocycles. The lowest BCUT2D eigenvalue weighted by atomic mass is 10.3. The van der Waals surface area contributed by atoms with Gasteiger partial charge in [-0.3, -0.25) is 4.57 Å². The summed E-state index contributed by atoms with van der Waals surface area (Å²) in [5.41, 5.74) is 1.06. The summed E-state index contributed by atoms with van der Waals surface area (Å²) in [6, 6.07) is 16.2. The quantitative estimate of drug-likeness (QED) is 0.351. The van der Waals surface area contributed by atoms with E-state index in [2.05, 4.69) is 26.9 Å². The lowest BCUT2D eigenvalue weighted by Gasteiger charge is -2.10. The predicted molar refractivity (Wildman–Crippen MR) is 113 cm³/mol. The first-order chi connectivity index (χ1) is 13.8. The van der Waals surface area contributed by atoms with Crippen LogP contribution in [0.3, 0.4) is 0 Å². The molecule has 1 saturated carbocycles. The fourth-order valence-corrected chi connectivity index (χ4v) is 5.19. The molecule has 2 heterocycles. The Bertz CT molecular complexity index is 1090. The molecule has 0 spiro atoms. The van der Waals surface area contributed by atoms with E-state index in [1.54, 1.807) is 23.1 Å². The van der Waals surface area contributed by atoms with E-state index in [-0.39, 0.29) is 0 Å². The number of thioether (sulfide) groups is 1. The van der Waals surface area contributed by atoms with Gasteiger partial charge >= 0.3 is 0 Å². The third kappa shape index (κ3) is 3.74. The molecule has 1 aliphatic carbocycles. The molecular formula is C20H17ClN4OS2. The molecule has 2 aromatic heterocycles. The van der Waals surface area contributed by atoms with Crippen LogP contribution < -0.4 is 4.74 Å². The molecule has 5 nitrogen and oxygen atoms in total. The molecular weight excluding hydrogens is 412 g/mol. The number of ether oxygens (including phenoxy) is 1. The van der Waals surface area contributed by atoms with E-state index in [0.29, 0.717) is 23.4 Å². The van der Waals surface area contributed by atoms with Crippen molar-refractivity contribution in [3.05, 3.63) is 64.4 Å². The van der Waals surface area contributed by atoms with Gasteiger partial charge in [0, 0.05) is 6.04 Å². The van der Waals surface area contributed by atoms with E-state index in [9.17, 15) is 0 Å². The number of fused-ring (bicyclic) bond motifs is 1. The van der Waals surface area contributed by atoms with Gasteiger partial charge in [0.15, 0.2) is 11.0 Å². The molecule has 142 valence electrons. The summed E-state index contributed by atoms with van der Waals surface area (Å²) in [5.74, 6) is 2.29. The van der Waals surface area contributed by atoms with Crippen LogP contribution in [-0.2, 0) is 12.4 Å². The van der Waals surface area contributed by atoms with Crippen LogP contribution in [0.2, 0.25) is 5.02 Å². The molecule has 0 N–H and O–H groups in total. The van der Waals surface area contributed by atoms with Crippen LogP contribution in [-0.4, -0.2) is 19.7 Å². The van der Waals surface area contributed by atoms with E-state index in [0.717, 1.165) is 40.1 Å². The molecule has 0 radical (unpaired) electrons. The summed E-state index contributed by atoms with van der Waals surface area (Å²) in [6.07, 6.45) is 2.32. The highest BCUT2D eigenvalue weighted by atomic mass is 35.5. The summed E-state index contributed by atoms with van der Waals surface area (Å²) in [6.45, 7) is 0.356. The molecule has 28 heavy (non-hydrogen) atoms. The number of benzene rings is 2. The zero-order valence-corrected chi connectivity index (χ0v) is 17.3. The maximum atomic E-state index is 6.18. The highest BCUT2D eigenvalue weighted by molar-refractivity contribution is 7.98. The number of halogens is 1. The van der Waals surface area contributed by atoms with Gasteiger partial charge < -0.3 is 4.74 Å². The maximum absolute atomic E-state index is 6.18. The number of hydrogen-bond acceptors (Lipinski definition) is 6. The Hall–Kier alpha value is -2.09. The zero-order chi connectivity index (χ0) is 18.9. The number of thiazole rings is 1. The molecule has 0 amide bonds. The number of para-hydroxylation sites is 2. The second-order valence-corrected chi connectivity index (χ2v) is 9.05. The normalized spacial score (nSPS) is 13.9. The van der Waals surface area contributed by atoms with Crippen LogP contribution in [0.25, 0.3) is 10.2 Å². The first-order valence-corrected chi connectivity index (χ1v) is 11.2. The lowest BCUT2D eigenvalue weighted by molar-refractivity contribution is 0.288. The smallest absolute Gasteiger partial charge is 0.191 e. The van der Waals surface area contributed by atoms with Crippen LogP contribution in [0.1, 0.15) is 29.7 Å². The van der Waals surface area contributed by atoms with Gasteiger partial charge in [-0.05, 0) is 37.1 Å². The SMILES string of the molecule is Clc1ccccc1OCc1nnc(SCc2nc3ccccc3s2)n1C1CC1. The molecule has 1 fully saturated rings. The first-order valence-electron chi connectivity index (χ1n) is 9.06. The second-order valence-electron chi connectivity index (χ2n) is 6.58. The zero-order valence-electron chi connectivity index (χ0n) is 14.9. The standard InChI is InChI=1S/C20H17ClN4OS2/c21-14-5-1-3-7-16(14)26-11-18-23-24-20(25(18)13-9-10-13)27-12-19-22-15-6-2-4-8-17(15)28-19/h1-8,13H,9-12H2. The van der Waals surface area contributed by atoms with Gasteiger partial charge in [0.2, 0.25) is 0 Å². The Labute approximate surface area is 175 Å². The molecule has 5 rings (SSSR count). The van der Waals surface area contributed by atoms with Gasteiger partial charge in [0.05, 0.1) is 21.0 Å². The molecule has 4 aromatic rings. The fraction of sp³-hybridized carbons (Fsp3) is 0.250. The third-order valence-corrected chi connectivity index (χ3v) is 6.99. The number of aromatic nitrogens is 4. The van der Waals surface area contributed by atoms with Crippen molar-refractivity contribution in [2.75, 3.05) is 0 Å². The van der Waals surface area contributed by atoms with Crippen molar-refractivity contribution in [1.82, 2.24) is 19.7 Å². The van der Waals surface area contributed by atoms with Gasteiger partial charge in [-0.15, -0.1) is 21.5 Å². The van der Waals surface area contributed by atoms with Gasteiger partial charge in [0.25, 0.3) is 0 Å². The molecule has 0 bridgehead atoms. The van der Waals surface area contributed by atoms with Crippen LogP contribution in [0.4, 0.5) is 0 Å². The largest absolute Gasteiger partial charge is 0.484 e. The summed E-state index contributed by atoms with van der Waals surface area (Å²) < 4.78 is 9.32. The van der Waals surface area contributed by atoms with Crippen LogP contribution in [0, 0.1) is 0 Å². The van der Waals surface area contributed by atoms with Crippen molar-refractivity contribution in [3.63, 3.8) is 0 Å². The summed E-state index contributed by atoms with van der Waals surface area (Å²) in [5, 5.41) is 11.4. The van der Waals surface area contributed by atoms with Crippen LogP contribution in [0.5, 0.6) is 5.75 Å². The fourth-order valence-electron chi connectivity index (χ4n) is 3.02. The van der Waals surface area contributed by atoms with E-state index < -0.39 is 0 Å². The van der Waals surface area contributed by atoms with Crippen molar-refractivity contribution < 1.29 is 4.74 Å². The average Bonchev–Trinajstić information content (AvgIpc) is 3.33. The molecule has 8 heteroatoms. The summed E-state index contributed by atoms with van der Waals surface area (Å²) in [7, 11) is 0. The molecule has 0 atom stereocenters. The van der Waals surface area contributed by atoms with Gasteiger partial charge in [-0.1, -0.05) is 47.6 Å². The van der Waals surface area contributed by atoms with Gasteiger partial charge in [0.1, 0.15) is 17.4 Å². The first kappa shape index (κ1) is 18.0. The minimum atomic E-state index is 0.356. The monoisotopic (exact) mass is 428 g/mol. The Morgan fingerprint density at radius 2 is 1.93 bits per heavy atom. The minimum Gasteiger partial charge on any atom is -0.484 e. The van der Waals surface area contributed by atoms with Crippen molar-refractivity contribution >= 4 is 44.9 Å². The van der Waals surface area contributed by atoms with Crippen LogP contribution in [0.15, 0.2) is 53.7 Å². The second kappa shape index (κ2) is 7.73. The highest BCUT2D eigenvalue weighted by Crippen LogP contribution is 2.40. The summed E-state index contributed by atoms with van der Waals surface area (Å²) in [4.78, 5) is 4.71. The predicted octanol–water partition coefficient (Wildman–Crippen LogP) is 5.75. The van der Waals surface area contributed by atoms with Crippen LogP contribution >= 0.6 is 34.7 Å². The van der Waals surface area contributed by atoms with E-state index >= 15 is 0 Å². The molecule has 0 unspecified atom stereocenters. The van der Waals surface area contributed by atoms with Gasteiger partial charge in [-0.25, -0.2) is 4.98 Å². The Kier molecular flexibility index (Phi) is 4.96. The van der Waals surface area contributed by atoms with Crippen molar-refractivity contribution in [3.8, 4) is 5.75 Å². The Morgan fingerprint density at radius 3 is 2.75 bits per heavy atom. The lowest BCUT2D eigenvalue weighted by Crippen LogP contribution is -2.07.